The molecule has 162 valence electrons. The van der Waals surface area contributed by atoms with E-state index >= 15 is 0 Å². The zero-order valence-corrected chi connectivity index (χ0v) is 19.4. The largest absolute Gasteiger partial charge is 0.351 e. The number of rotatable bonds is 7. The highest BCUT2D eigenvalue weighted by atomic mass is 35.5. The average Bonchev–Trinajstić information content (AvgIpc) is 3.19. The maximum Gasteiger partial charge on any atom is 0.230 e. The normalized spacial score (nSPS) is 10.8. The van der Waals surface area contributed by atoms with Crippen molar-refractivity contribution in [2.24, 2.45) is 0 Å². The van der Waals surface area contributed by atoms with E-state index in [2.05, 4.69) is 20.5 Å². The number of aryl methyl sites for hydroxylation is 1. The molecule has 0 aliphatic carbocycles. The number of thioether (sulfide) groups is 1. The van der Waals surface area contributed by atoms with Crippen LogP contribution in [0, 0.1) is 12.7 Å². The van der Waals surface area contributed by atoms with E-state index in [0.717, 1.165) is 26.7 Å². The van der Waals surface area contributed by atoms with Gasteiger partial charge in [-0.25, -0.2) is 9.37 Å². The molecule has 9 heteroatoms. The van der Waals surface area contributed by atoms with Crippen molar-refractivity contribution in [2.75, 3.05) is 5.75 Å². The summed E-state index contributed by atoms with van der Waals surface area (Å²) >= 11 is 8.90. The van der Waals surface area contributed by atoms with Gasteiger partial charge in [0.05, 0.1) is 16.3 Å². The first-order valence-corrected chi connectivity index (χ1v) is 11.9. The number of nitrogens with one attached hydrogen (secondary N) is 1. The number of benzene rings is 2. The molecule has 0 fully saturated rings. The lowest BCUT2D eigenvalue weighted by atomic mass is 10.2. The second kappa shape index (κ2) is 10.2. The van der Waals surface area contributed by atoms with Crippen molar-refractivity contribution in [2.45, 2.75) is 18.5 Å². The number of carbonyl (C=O) groups excluding carboxylic acids is 1. The van der Waals surface area contributed by atoms with Crippen LogP contribution in [0.5, 0.6) is 0 Å². The predicted molar refractivity (Wildman–Crippen MR) is 127 cm³/mol. The van der Waals surface area contributed by atoms with Crippen molar-refractivity contribution < 1.29 is 9.18 Å². The molecular weight excluding hydrogens is 467 g/mol. The Labute approximate surface area is 198 Å². The van der Waals surface area contributed by atoms with Crippen LogP contribution in [0.4, 0.5) is 4.39 Å². The van der Waals surface area contributed by atoms with Gasteiger partial charge in [-0.2, -0.15) is 0 Å². The summed E-state index contributed by atoms with van der Waals surface area (Å²) in [7, 11) is 0. The van der Waals surface area contributed by atoms with E-state index in [1.807, 2.05) is 37.3 Å². The molecule has 2 heterocycles. The van der Waals surface area contributed by atoms with Gasteiger partial charge in [0, 0.05) is 17.1 Å². The maximum absolute atomic E-state index is 13.2. The van der Waals surface area contributed by atoms with Gasteiger partial charge in [0.2, 0.25) is 5.91 Å². The second-order valence-corrected chi connectivity index (χ2v) is 9.26. The molecule has 2 aromatic heterocycles. The Kier molecular flexibility index (Phi) is 7.14. The number of hydrogen-bond acceptors (Lipinski definition) is 6. The van der Waals surface area contributed by atoms with Gasteiger partial charge in [0.25, 0.3) is 0 Å². The van der Waals surface area contributed by atoms with Crippen LogP contribution in [-0.4, -0.2) is 26.8 Å². The van der Waals surface area contributed by atoms with Gasteiger partial charge in [-0.15, -0.1) is 21.5 Å². The quantitative estimate of drug-likeness (QED) is 0.337. The van der Waals surface area contributed by atoms with Gasteiger partial charge < -0.3 is 5.32 Å². The fourth-order valence-electron chi connectivity index (χ4n) is 2.89. The van der Waals surface area contributed by atoms with Gasteiger partial charge in [-0.05, 0) is 55.0 Å². The summed E-state index contributed by atoms with van der Waals surface area (Å²) in [6, 6.07) is 17.4. The fourth-order valence-corrected chi connectivity index (χ4v) is 4.78. The summed E-state index contributed by atoms with van der Waals surface area (Å²) in [4.78, 5) is 17.6. The molecule has 4 rings (SSSR count). The molecule has 4 aromatic rings. The van der Waals surface area contributed by atoms with E-state index in [-0.39, 0.29) is 17.5 Å². The van der Waals surface area contributed by atoms with E-state index in [4.69, 9.17) is 11.6 Å². The first kappa shape index (κ1) is 22.4. The minimum Gasteiger partial charge on any atom is -0.351 e. The minimum absolute atomic E-state index is 0.108. The number of hydrogen-bond donors (Lipinski definition) is 1. The summed E-state index contributed by atoms with van der Waals surface area (Å²) < 4.78 is 13.2. The number of carbonyl (C=O) groups is 1. The highest BCUT2D eigenvalue weighted by molar-refractivity contribution is 7.99. The molecule has 32 heavy (non-hydrogen) atoms. The number of thiazole rings is 1. The van der Waals surface area contributed by atoms with Crippen molar-refractivity contribution in [1.29, 1.82) is 0 Å². The summed E-state index contributed by atoms with van der Waals surface area (Å²) in [5, 5.41) is 13.5. The van der Waals surface area contributed by atoms with Crippen molar-refractivity contribution in [1.82, 2.24) is 20.5 Å². The fraction of sp³-hybridized carbons (Fsp3) is 0.130. The van der Waals surface area contributed by atoms with Crippen LogP contribution in [0.15, 0.2) is 65.7 Å². The van der Waals surface area contributed by atoms with E-state index < -0.39 is 0 Å². The van der Waals surface area contributed by atoms with Crippen LogP contribution in [0.1, 0.15) is 11.3 Å². The van der Waals surface area contributed by atoms with E-state index in [1.165, 1.54) is 35.2 Å². The lowest BCUT2D eigenvalue weighted by Crippen LogP contribution is -2.24. The molecule has 0 atom stereocenters. The average molecular weight is 485 g/mol. The van der Waals surface area contributed by atoms with Crippen LogP contribution in [-0.2, 0) is 11.3 Å². The van der Waals surface area contributed by atoms with Gasteiger partial charge in [-0.3, -0.25) is 4.79 Å². The van der Waals surface area contributed by atoms with Crippen LogP contribution in [0.2, 0.25) is 5.02 Å². The van der Waals surface area contributed by atoms with Crippen molar-refractivity contribution in [3.63, 3.8) is 0 Å². The molecule has 1 amide bonds. The Morgan fingerprint density at radius 1 is 1.09 bits per heavy atom. The van der Waals surface area contributed by atoms with Gasteiger partial charge >= 0.3 is 0 Å². The van der Waals surface area contributed by atoms with Crippen LogP contribution >= 0.6 is 34.7 Å². The Bertz CT molecular complexity index is 1230. The molecule has 0 unspecified atom stereocenters. The smallest absolute Gasteiger partial charge is 0.230 e. The minimum atomic E-state index is -0.279. The highest BCUT2D eigenvalue weighted by Crippen LogP contribution is 2.34. The molecule has 0 aliphatic rings. The maximum atomic E-state index is 13.2. The van der Waals surface area contributed by atoms with E-state index in [9.17, 15) is 9.18 Å². The van der Waals surface area contributed by atoms with Crippen molar-refractivity contribution in [3.05, 3.63) is 82.8 Å². The van der Waals surface area contributed by atoms with E-state index in [1.54, 1.807) is 18.2 Å². The molecule has 0 bridgehead atoms. The molecular formula is C23H18ClFN4OS2. The molecule has 0 saturated heterocycles. The molecule has 5 nitrogen and oxygen atoms in total. The SMILES string of the molecule is Cc1nc(-c2ccc(F)cc2)sc1-c1ccc(SCC(=O)NCc2ccccc2Cl)nn1. The summed E-state index contributed by atoms with van der Waals surface area (Å²) in [6.45, 7) is 2.29. The second-order valence-electron chi connectivity index (χ2n) is 6.85. The van der Waals surface area contributed by atoms with Crippen LogP contribution in [0.3, 0.4) is 0 Å². The molecule has 0 aliphatic heterocycles. The van der Waals surface area contributed by atoms with E-state index in [0.29, 0.717) is 22.3 Å². The van der Waals surface area contributed by atoms with Gasteiger partial charge in [0.1, 0.15) is 21.5 Å². The first-order valence-electron chi connectivity index (χ1n) is 9.70. The topological polar surface area (TPSA) is 67.8 Å². The number of nitrogens with zero attached hydrogens (tertiary/aromatic N) is 3. The van der Waals surface area contributed by atoms with Crippen molar-refractivity contribution >= 4 is 40.6 Å². The molecule has 1 N–H and O–H groups in total. The third kappa shape index (κ3) is 5.51. The lowest BCUT2D eigenvalue weighted by molar-refractivity contribution is -0.118. The number of amides is 1. The van der Waals surface area contributed by atoms with Gasteiger partial charge in [0.15, 0.2) is 0 Å². The molecule has 2 aromatic carbocycles. The zero-order chi connectivity index (χ0) is 22.5. The molecule has 0 saturated carbocycles. The Balaban J connectivity index is 1.35. The van der Waals surface area contributed by atoms with Crippen molar-refractivity contribution in [3.8, 4) is 21.1 Å². The van der Waals surface area contributed by atoms with Crippen LogP contribution in [0.25, 0.3) is 21.1 Å². The standard InChI is InChI=1S/C23H18ClFN4OS2/c1-14-22(32-23(27-14)15-6-8-17(25)9-7-15)19-10-11-21(29-28-19)31-13-20(30)26-12-16-4-2-3-5-18(16)24/h2-11H,12-13H2,1H3,(H,26,30). The Morgan fingerprint density at radius 2 is 1.88 bits per heavy atom. The molecule has 0 radical (unpaired) electrons. The number of halogens is 2. The highest BCUT2D eigenvalue weighted by Gasteiger charge is 2.14. The predicted octanol–water partition coefficient (Wildman–Crippen LogP) is 5.78. The summed E-state index contributed by atoms with van der Waals surface area (Å²) in [5.74, 6) is -0.158. The Morgan fingerprint density at radius 3 is 2.59 bits per heavy atom. The van der Waals surface area contributed by atoms with Gasteiger partial charge in [-0.1, -0.05) is 41.6 Å². The lowest BCUT2D eigenvalue weighted by Gasteiger charge is -2.06. The first-order chi connectivity index (χ1) is 15.5. The zero-order valence-electron chi connectivity index (χ0n) is 17.0. The summed E-state index contributed by atoms with van der Waals surface area (Å²) in [6.07, 6.45) is 0. The third-order valence-electron chi connectivity index (χ3n) is 4.55. The Hall–Kier alpha value is -2.81. The monoisotopic (exact) mass is 484 g/mol. The summed E-state index contributed by atoms with van der Waals surface area (Å²) in [5.41, 5.74) is 3.27. The third-order valence-corrected chi connectivity index (χ3v) is 7.06. The number of aromatic nitrogens is 3. The van der Waals surface area contributed by atoms with Crippen LogP contribution < -0.4 is 5.32 Å². The molecule has 0 spiro atoms.